The van der Waals surface area contributed by atoms with E-state index in [4.69, 9.17) is 16.3 Å². The molecule has 1 aromatic carbocycles. The number of carbonyl (C=O) groups is 3. The van der Waals surface area contributed by atoms with Crippen LogP contribution in [0.25, 0.3) is 0 Å². The molecule has 3 rings (SSSR count). The quantitative estimate of drug-likeness (QED) is 0.533. The van der Waals surface area contributed by atoms with E-state index < -0.39 is 17.7 Å². The molecule has 1 saturated heterocycles. The van der Waals surface area contributed by atoms with E-state index in [1.807, 2.05) is 31.0 Å². The molecule has 0 aromatic heterocycles. The molecule has 0 radical (unpaired) electrons. The van der Waals surface area contributed by atoms with Crippen LogP contribution in [0.3, 0.4) is 0 Å². The monoisotopic (exact) mass is 520 g/mol. The summed E-state index contributed by atoms with van der Waals surface area (Å²) in [6.07, 6.45) is 5.27. The molecule has 1 aliphatic carbocycles. The molecule has 3 amide bonds. The summed E-state index contributed by atoms with van der Waals surface area (Å²) in [5, 5.41) is 5.13. The fourth-order valence-electron chi connectivity index (χ4n) is 4.79. The van der Waals surface area contributed by atoms with Gasteiger partial charge in [0.05, 0.1) is 6.04 Å². The van der Waals surface area contributed by atoms with Crippen molar-refractivity contribution in [2.75, 3.05) is 13.1 Å². The number of halogens is 1. The molecule has 200 valence electrons. The largest absolute Gasteiger partial charge is 0.444 e. The number of hydrazine groups is 1. The average Bonchev–Trinajstić information content (AvgIpc) is 2.77. The van der Waals surface area contributed by atoms with Crippen molar-refractivity contribution in [2.24, 2.45) is 5.92 Å². The van der Waals surface area contributed by atoms with Crippen LogP contribution in [-0.4, -0.2) is 64.6 Å². The minimum atomic E-state index is -0.827. The minimum absolute atomic E-state index is 0.0580. The van der Waals surface area contributed by atoms with Gasteiger partial charge in [-0.25, -0.2) is 9.80 Å². The number of carbonyl (C=O) groups excluding carboxylic acids is 3. The molecule has 0 bridgehead atoms. The molecule has 1 saturated carbocycles. The van der Waals surface area contributed by atoms with Crippen LogP contribution in [0.15, 0.2) is 24.3 Å². The third kappa shape index (κ3) is 8.10. The van der Waals surface area contributed by atoms with Gasteiger partial charge in [0.2, 0.25) is 5.91 Å². The van der Waals surface area contributed by atoms with Gasteiger partial charge < -0.3 is 15.0 Å². The van der Waals surface area contributed by atoms with Gasteiger partial charge in [-0.1, -0.05) is 56.8 Å². The zero-order valence-electron chi connectivity index (χ0n) is 22.2. The van der Waals surface area contributed by atoms with Crippen molar-refractivity contribution < 1.29 is 19.1 Å². The Labute approximate surface area is 220 Å². The highest BCUT2D eigenvalue weighted by atomic mass is 35.5. The Morgan fingerprint density at radius 3 is 2.22 bits per heavy atom. The van der Waals surface area contributed by atoms with Crippen LogP contribution in [-0.2, 0) is 20.7 Å². The summed E-state index contributed by atoms with van der Waals surface area (Å²) < 4.78 is 5.38. The molecule has 8 nitrogen and oxygen atoms in total. The topological polar surface area (TPSA) is 91.0 Å². The smallest absolute Gasteiger partial charge is 0.408 e. The molecule has 2 fully saturated rings. The zero-order chi connectivity index (χ0) is 26.5. The van der Waals surface area contributed by atoms with Crippen molar-refractivity contribution in [1.82, 2.24) is 20.7 Å². The first-order valence-corrected chi connectivity index (χ1v) is 13.4. The molecule has 9 heteroatoms. The maximum atomic E-state index is 13.2. The van der Waals surface area contributed by atoms with Gasteiger partial charge in [-0.15, -0.1) is 0 Å². The lowest BCUT2D eigenvalue weighted by molar-refractivity contribution is -0.148. The van der Waals surface area contributed by atoms with E-state index in [1.54, 1.807) is 32.9 Å². The van der Waals surface area contributed by atoms with E-state index in [1.165, 1.54) is 6.42 Å². The van der Waals surface area contributed by atoms with Gasteiger partial charge in [0.15, 0.2) is 0 Å². The second-order valence-electron chi connectivity index (χ2n) is 11.3. The molecule has 1 atom stereocenters. The maximum Gasteiger partial charge on any atom is 0.408 e. The van der Waals surface area contributed by atoms with Crippen LogP contribution in [0.5, 0.6) is 0 Å². The molecule has 0 spiro atoms. The molecular formula is C27H41ClN4O4. The standard InChI is InChI=1S/C27H41ClN4O4/c1-18(2)25(34)32(21-9-7-6-8-10-21)22-16-31(17-22)30-24(33)23(29-26(35)36-27(3,4)5)15-19-11-13-20(28)14-12-19/h11-14,18,21-23H,6-10,15-17H2,1-5H3,(H,29,35)(H,30,33)/t23-/m1/s1. The van der Waals surface area contributed by atoms with Gasteiger partial charge in [-0.3, -0.25) is 15.0 Å². The highest BCUT2D eigenvalue weighted by molar-refractivity contribution is 6.30. The van der Waals surface area contributed by atoms with E-state index in [2.05, 4.69) is 15.6 Å². The number of hydrogen-bond donors (Lipinski definition) is 2. The summed E-state index contributed by atoms with van der Waals surface area (Å²) in [5.74, 6) is -0.198. The van der Waals surface area contributed by atoms with Crippen molar-refractivity contribution >= 4 is 29.5 Å². The van der Waals surface area contributed by atoms with Crippen molar-refractivity contribution in [3.05, 3.63) is 34.9 Å². The molecular weight excluding hydrogens is 480 g/mol. The van der Waals surface area contributed by atoms with Crippen LogP contribution in [0.4, 0.5) is 4.79 Å². The van der Waals surface area contributed by atoms with Crippen molar-refractivity contribution in [2.45, 2.75) is 96.9 Å². The van der Waals surface area contributed by atoms with Gasteiger partial charge in [-0.2, -0.15) is 0 Å². The summed E-state index contributed by atoms with van der Waals surface area (Å²) in [6.45, 7) is 10.4. The third-order valence-electron chi connectivity index (χ3n) is 6.60. The molecule has 2 aliphatic rings. The Balaban J connectivity index is 1.63. The van der Waals surface area contributed by atoms with Crippen LogP contribution >= 0.6 is 11.6 Å². The summed E-state index contributed by atoms with van der Waals surface area (Å²) in [7, 11) is 0. The van der Waals surface area contributed by atoms with Crippen molar-refractivity contribution in [1.29, 1.82) is 0 Å². The summed E-state index contributed by atoms with van der Waals surface area (Å²) in [5.41, 5.74) is 3.12. The van der Waals surface area contributed by atoms with Crippen LogP contribution < -0.4 is 10.7 Å². The SMILES string of the molecule is CC(C)C(=O)N(C1CCCCC1)C1CN(NC(=O)[C@@H](Cc2ccc(Cl)cc2)NC(=O)OC(C)(C)C)C1. The fourth-order valence-corrected chi connectivity index (χ4v) is 4.91. The fraction of sp³-hybridized carbons (Fsp3) is 0.667. The van der Waals surface area contributed by atoms with E-state index in [0.717, 1.165) is 31.2 Å². The average molecular weight is 521 g/mol. The Morgan fingerprint density at radius 1 is 1.06 bits per heavy atom. The number of benzene rings is 1. The van der Waals surface area contributed by atoms with Gasteiger partial charge in [0, 0.05) is 36.5 Å². The number of nitrogens with one attached hydrogen (secondary N) is 2. The predicted octanol–water partition coefficient (Wildman–Crippen LogP) is 4.31. The highest BCUT2D eigenvalue weighted by Crippen LogP contribution is 2.28. The molecule has 1 aromatic rings. The molecule has 36 heavy (non-hydrogen) atoms. The lowest BCUT2D eigenvalue weighted by Crippen LogP contribution is -2.69. The number of ether oxygens (including phenoxy) is 1. The molecule has 2 N–H and O–H groups in total. The van der Waals surface area contributed by atoms with E-state index in [9.17, 15) is 14.4 Å². The first kappa shape index (κ1) is 28.3. The van der Waals surface area contributed by atoms with Crippen LogP contribution in [0, 0.1) is 5.92 Å². The van der Waals surface area contributed by atoms with Crippen LogP contribution in [0.1, 0.15) is 72.3 Å². The highest BCUT2D eigenvalue weighted by Gasteiger charge is 2.40. The third-order valence-corrected chi connectivity index (χ3v) is 6.85. The normalized spacial score (nSPS) is 18.3. The van der Waals surface area contributed by atoms with E-state index in [-0.39, 0.29) is 29.8 Å². The number of alkyl carbamates (subject to hydrolysis) is 1. The first-order chi connectivity index (χ1) is 16.9. The second-order valence-corrected chi connectivity index (χ2v) is 11.7. The number of nitrogens with zero attached hydrogens (tertiary/aromatic N) is 2. The molecule has 1 aliphatic heterocycles. The van der Waals surface area contributed by atoms with Crippen LogP contribution in [0.2, 0.25) is 5.02 Å². The number of hydrogen-bond acceptors (Lipinski definition) is 5. The lowest BCUT2D eigenvalue weighted by atomic mass is 9.91. The summed E-state index contributed by atoms with van der Waals surface area (Å²) in [4.78, 5) is 40.8. The van der Waals surface area contributed by atoms with Gasteiger partial charge in [-0.05, 0) is 51.3 Å². The van der Waals surface area contributed by atoms with E-state index >= 15 is 0 Å². The number of rotatable bonds is 8. The van der Waals surface area contributed by atoms with Crippen molar-refractivity contribution in [3.8, 4) is 0 Å². The molecule has 0 unspecified atom stereocenters. The Hall–Kier alpha value is -2.32. The van der Waals surface area contributed by atoms with Crippen molar-refractivity contribution in [3.63, 3.8) is 0 Å². The van der Waals surface area contributed by atoms with Gasteiger partial charge in [0.1, 0.15) is 11.6 Å². The second kappa shape index (κ2) is 12.3. The Bertz CT molecular complexity index is 903. The Morgan fingerprint density at radius 2 is 1.67 bits per heavy atom. The Kier molecular flexibility index (Phi) is 9.64. The zero-order valence-corrected chi connectivity index (χ0v) is 22.9. The minimum Gasteiger partial charge on any atom is -0.444 e. The maximum absolute atomic E-state index is 13.2. The first-order valence-electron chi connectivity index (χ1n) is 13.0. The molecule has 1 heterocycles. The van der Waals surface area contributed by atoms with Gasteiger partial charge >= 0.3 is 6.09 Å². The van der Waals surface area contributed by atoms with E-state index in [0.29, 0.717) is 24.5 Å². The van der Waals surface area contributed by atoms with Gasteiger partial charge in [0.25, 0.3) is 5.91 Å². The lowest BCUT2D eigenvalue weighted by Gasteiger charge is -2.49. The summed E-state index contributed by atoms with van der Waals surface area (Å²) >= 11 is 6.00. The predicted molar refractivity (Wildman–Crippen MR) is 140 cm³/mol. The number of amides is 3. The summed E-state index contributed by atoms with van der Waals surface area (Å²) in [6, 6.07) is 6.71.